The van der Waals surface area contributed by atoms with E-state index >= 15 is 0 Å². The highest BCUT2D eigenvalue weighted by molar-refractivity contribution is 5.77. The Bertz CT molecular complexity index is 1180. The van der Waals surface area contributed by atoms with Crippen LogP contribution in [0.3, 0.4) is 0 Å². The van der Waals surface area contributed by atoms with Crippen molar-refractivity contribution < 1.29 is 18.7 Å². The van der Waals surface area contributed by atoms with E-state index in [1.807, 2.05) is 36.4 Å². The van der Waals surface area contributed by atoms with Gasteiger partial charge in [-0.15, -0.1) is 0 Å². The summed E-state index contributed by atoms with van der Waals surface area (Å²) in [6.07, 6.45) is 3.68. The summed E-state index contributed by atoms with van der Waals surface area (Å²) in [5, 5.41) is 16.0. The number of carboxylic acid groups (broad SMARTS) is 1. The first-order valence-electron chi connectivity index (χ1n) is 13.1. The molecular weight excluding hydrogens is 490 g/mol. The van der Waals surface area contributed by atoms with Gasteiger partial charge in [0.15, 0.2) is 5.82 Å². The predicted molar refractivity (Wildman–Crippen MR) is 144 cm³/mol. The summed E-state index contributed by atoms with van der Waals surface area (Å²) in [4.78, 5) is 26.9. The fraction of sp³-hybridized carbons (Fsp3) is 0.429. The number of rotatable bonds is 14. The molecule has 0 bridgehead atoms. The third-order valence-corrected chi connectivity index (χ3v) is 6.55. The molecule has 3 heterocycles. The lowest BCUT2D eigenvalue weighted by molar-refractivity contribution is -0.138. The van der Waals surface area contributed by atoms with E-state index in [-0.39, 0.29) is 19.5 Å². The van der Waals surface area contributed by atoms with Gasteiger partial charge < -0.3 is 15.7 Å². The van der Waals surface area contributed by atoms with Crippen molar-refractivity contribution in [2.75, 3.05) is 36.8 Å². The number of alkyl halides is 2. The molecule has 8 nitrogen and oxygen atoms in total. The number of aromatic nitrogens is 3. The van der Waals surface area contributed by atoms with Crippen molar-refractivity contribution in [2.45, 2.75) is 51.0 Å². The molecule has 4 rings (SSSR count). The Hall–Kier alpha value is -3.66. The molecule has 0 saturated heterocycles. The Labute approximate surface area is 221 Å². The fourth-order valence-electron chi connectivity index (χ4n) is 4.55. The first-order valence-corrected chi connectivity index (χ1v) is 13.1. The second kappa shape index (κ2) is 13.8. The number of aryl methyl sites for hydroxylation is 2. The summed E-state index contributed by atoms with van der Waals surface area (Å²) < 4.78 is 26.5. The molecule has 2 aromatic heterocycles. The number of hydrogen-bond acceptors (Lipinski definition) is 7. The minimum Gasteiger partial charge on any atom is -0.480 e. The molecule has 1 aliphatic rings. The van der Waals surface area contributed by atoms with Gasteiger partial charge in [-0.25, -0.2) is 28.5 Å². The number of fused-ring (bicyclic) bond motifs is 1. The lowest BCUT2D eigenvalue weighted by Gasteiger charge is -2.24. The maximum absolute atomic E-state index is 13.2. The van der Waals surface area contributed by atoms with Gasteiger partial charge in [-0.1, -0.05) is 36.4 Å². The highest BCUT2D eigenvalue weighted by Crippen LogP contribution is 2.21. The molecule has 0 fully saturated rings. The van der Waals surface area contributed by atoms with Crippen LogP contribution >= 0.6 is 0 Å². The monoisotopic (exact) mass is 524 g/mol. The van der Waals surface area contributed by atoms with Crippen LogP contribution in [0.5, 0.6) is 0 Å². The van der Waals surface area contributed by atoms with Crippen LogP contribution in [0, 0.1) is 0 Å². The molecule has 1 aromatic carbocycles. The third-order valence-electron chi connectivity index (χ3n) is 6.55. The van der Waals surface area contributed by atoms with Gasteiger partial charge in [0.25, 0.3) is 6.43 Å². The minimum absolute atomic E-state index is 0.158. The predicted octanol–water partition coefficient (Wildman–Crippen LogP) is 4.74. The maximum atomic E-state index is 13.2. The van der Waals surface area contributed by atoms with Gasteiger partial charge in [0.2, 0.25) is 0 Å². The zero-order chi connectivity index (χ0) is 26.7. The SMILES string of the molecule is O=C(O)C(CCN(CCCCc1ccc2c(n1)NCCC2)CC(F)F)Nc1ccnc(-c2ccccc2)n1. The smallest absolute Gasteiger partial charge is 0.326 e. The van der Waals surface area contributed by atoms with Crippen molar-refractivity contribution in [1.82, 2.24) is 19.9 Å². The Morgan fingerprint density at radius 3 is 2.71 bits per heavy atom. The quantitative estimate of drug-likeness (QED) is 0.260. The summed E-state index contributed by atoms with van der Waals surface area (Å²) in [6, 6.07) is 14.2. The Morgan fingerprint density at radius 2 is 1.92 bits per heavy atom. The van der Waals surface area contributed by atoms with Crippen molar-refractivity contribution in [3.63, 3.8) is 0 Å². The van der Waals surface area contributed by atoms with Crippen molar-refractivity contribution in [2.24, 2.45) is 0 Å². The van der Waals surface area contributed by atoms with E-state index in [0.717, 1.165) is 55.7 Å². The van der Waals surface area contributed by atoms with E-state index in [9.17, 15) is 18.7 Å². The van der Waals surface area contributed by atoms with Crippen LogP contribution in [0.4, 0.5) is 20.4 Å². The van der Waals surface area contributed by atoms with Gasteiger partial charge in [0.1, 0.15) is 17.7 Å². The normalized spacial score (nSPS) is 13.7. The molecule has 0 amide bonds. The van der Waals surface area contributed by atoms with Gasteiger partial charge in [-0.3, -0.25) is 4.90 Å². The number of nitrogens with one attached hydrogen (secondary N) is 2. The van der Waals surface area contributed by atoms with Crippen LogP contribution in [0.25, 0.3) is 11.4 Å². The van der Waals surface area contributed by atoms with Crippen molar-refractivity contribution in [1.29, 1.82) is 0 Å². The number of carboxylic acids is 1. The van der Waals surface area contributed by atoms with Crippen LogP contribution in [0.15, 0.2) is 54.7 Å². The van der Waals surface area contributed by atoms with E-state index in [1.54, 1.807) is 17.2 Å². The number of anilines is 2. The molecule has 0 saturated carbocycles. The third kappa shape index (κ3) is 8.17. The lowest BCUT2D eigenvalue weighted by Crippen LogP contribution is -2.37. The topological polar surface area (TPSA) is 103 Å². The molecule has 1 unspecified atom stereocenters. The molecule has 0 aliphatic carbocycles. The molecule has 202 valence electrons. The fourth-order valence-corrected chi connectivity index (χ4v) is 4.55. The Morgan fingerprint density at radius 1 is 1.08 bits per heavy atom. The zero-order valence-corrected chi connectivity index (χ0v) is 21.3. The number of pyridine rings is 1. The number of nitrogens with zero attached hydrogens (tertiary/aromatic N) is 4. The van der Waals surface area contributed by atoms with Gasteiger partial charge in [0.05, 0.1) is 6.54 Å². The lowest BCUT2D eigenvalue weighted by atomic mass is 10.1. The second-order valence-electron chi connectivity index (χ2n) is 9.44. The number of benzene rings is 1. The number of hydrogen-bond donors (Lipinski definition) is 3. The average Bonchev–Trinajstić information content (AvgIpc) is 2.93. The first-order chi connectivity index (χ1) is 18.5. The number of aliphatic carboxylic acids is 1. The molecule has 3 N–H and O–H groups in total. The zero-order valence-electron chi connectivity index (χ0n) is 21.3. The molecule has 10 heteroatoms. The minimum atomic E-state index is -2.49. The second-order valence-corrected chi connectivity index (χ2v) is 9.44. The van der Waals surface area contributed by atoms with E-state index in [1.165, 1.54) is 5.56 Å². The van der Waals surface area contributed by atoms with Gasteiger partial charge in [-0.2, -0.15) is 0 Å². The average molecular weight is 525 g/mol. The highest BCUT2D eigenvalue weighted by Gasteiger charge is 2.21. The van der Waals surface area contributed by atoms with Crippen LogP contribution in [-0.4, -0.2) is 69.6 Å². The number of unbranched alkanes of at least 4 members (excludes halogenated alkanes) is 1. The van der Waals surface area contributed by atoms with Gasteiger partial charge in [-0.05, 0) is 62.8 Å². The van der Waals surface area contributed by atoms with E-state index in [2.05, 4.69) is 26.7 Å². The molecule has 1 atom stereocenters. The van der Waals surface area contributed by atoms with Crippen LogP contribution in [-0.2, 0) is 17.6 Å². The Kier molecular flexibility index (Phi) is 9.91. The van der Waals surface area contributed by atoms with Crippen LogP contribution in [0.2, 0.25) is 0 Å². The summed E-state index contributed by atoms with van der Waals surface area (Å²) in [6.45, 7) is 1.24. The summed E-state index contributed by atoms with van der Waals surface area (Å²) in [5.41, 5.74) is 3.05. The summed E-state index contributed by atoms with van der Waals surface area (Å²) in [7, 11) is 0. The molecule has 0 spiro atoms. The number of carbonyl (C=O) groups is 1. The highest BCUT2D eigenvalue weighted by atomic mass is 19.3. The summed E-state index contributed by atoms with van der Waals surface area (Å²) >= 11 is 0. The molecule has 1 aliphatic heterocycles. The van der Waals surface area contributed by atoms with Crippen LogP contribution < -0.4 is 10.6 Å². The van der Waals surface area contributed by atoms with Gasteiger partial charge >= 0.3 is 5.97 Å². The molecular formula is C28H34F2N6O2. The summed E-state index contributed by atoms with van der Waals surface area (Å²) in [5.74, 6) is 0.746. The van der Waals surface area contributed by atoms with Gasteiger partial charge in [0, 0.05) is 30.5 Å². The van der Waals surface area contributed by atoms with E-state index in [4.69, 9.17) is 4.98 Å². The molecule has 0 radical (unpaired) electrons. The largest absolute Gasteiger partial charge is 0.480 e. The molecule has 3 aromatic rings. The number of halogens is 2. The standard InChI is InChI=1S/C28H34F2N6O2/c29-24(30)19-36(17-5-4-10-22-12-11-21-9-6-15-31-26(21)33-22)18-14-23(28(37)38)34-25-13-16-32-27(35-25)20-7-2-1-3-8-20/h1-3,7-8,11-13,16,23-24H,4-6,9-10,14-15,17-19H2,(H,31,33)(H,37,38)(H,32,34,35). The van der Waals surface area contributed by atoms with Crippen molar-refractivity contribution in [3.05, 3.63) is 66.0 Å². The van der Waals surface area contributed by atoms with E-state index in [0.29, 0.717) is 18.2 Å². The van der Waals surface area contributed by atoms with Crippen molar-refractivity contribution in [3.8, 4) is 11.4 Å². The van der Waals surface area contributed by atoms with Crippen LogP contribution in [0.1, 0.15) is 36.9 Å². The Balaban J connectivity index is 1.29. The molecule has 38 heavy (non-hydrogen) atoms. The van der Waals surface area contributed by atoms with E-state index < -0.39 is 18.4 Å². The van der Waals surface area contributed by atoms with Crippen molar-refractivity contribution >= 4 is 17.6 Å². The first kappa shape index (κ1) is 27.4. The maximum Gasteiger partial charge on any atom is 0.326 e.